The molecule has 9 nitrogen and oxygen atoms in total. The van der Waals surface area contributed by atoms with Gasteiger partial charge in [0.25, 0.3) is 21.9 Å². The number of hydrogen-bond acceptors (Lipinski definition) is 6. The molecule has 3 aromatic rings. The Bertz CT molecular complexity index is 1300. The van der Waals surface area contributed by atoms with Crippen molar-refractivity contribution in [1.82, 2.24) is 0 Å². The van der Waals surface area contributed by atoms with E-state index in [0.717, 1.165) is 12.1 Å². The van der Waals surface area contributed by atoms with E-state index in [1.807, 2.05) is 0 Å². The molecule has 3 aromatic carbocycles. The topological polar surface area (TPSA) is 133 Å². The summed E-state index contributed by atoms with van der Waals surface area (Å²) in [7, 11) is -4.47. The standard InChI is InChI=1S/C20H15Cl2N5O4S.Na/c21-15-8-4-5-9-17(15)24-26-19(20(28)23-13-6-2-1-3-7-13)27-25-18-12-14(32(29,30)31)10-11-16(18)22;/h1-12,25H,(H,23,28)(H,29,30,31);/q;+1/b26-24?,27-19+;. The van der Waals surface area contributed by atoms with Crippen LogP contribution in [0, 0.1) is 0 Å². The molecule has 0 saturated heterocycles. The van der Waals surface area contributed by atoms with Gasteiger partial charge in [0, 0.05) is 5.69 Å². The number of hydrogen-bond donors (Lipinski definition) is 3. The second-order valence-corrected chi connectivity index (χ2v) is 8.37. The van der Waals surface area contributed by atoms with Crippen molar-refractivity contribution < 1.29 is 47.3 Å². The van der Waals surface area contributed by atoms with E-state index in [1.165, 1.54) is 6.07 Å². The van der Waals surface area contributed by atoms with Crippen LogP contribution in [0.3, 0.4) is 0 Å². The molecule has 164 valence electrons. The predicted molar refractivity (Wildman–Crippen MR) is 123 cm³/mol. The van der Waals surface area contributed by atoms with Crippen LogP contribution in [0.15, 0.2) is 93.0 Å². The van der Waals surface area contributed by atoms with Crippen LogP contribution in [0.5, 0.6) is 0 Å². The molecular formula is C20H15Cl2N5NaO4S+. The Morgan fingerprint density at radius 3 is 2.24 bits per heavy atom. The van der Waals surface area contributed by atoms with Crippen LogP contribution < -0.4 is 40.3 Å². The summed E-state index contributed by atoms with van der Waals surface area (Å²) in [5.41, 5.74) is 3.29. The number of rotatable bonds is 5. The van der Waals surface area contributed by atoms with Crippen LogP contribution >= 0.6 is 23.2 Å². The van der Waals surface area contributed by atoms with Gasteiger partial charge in [0.15, 0.2) is 0 Å². The SMILES string of the molecule is O=C(Nc1ccccc1)/C(N=Nc1ccccc1Cl)=N\Nc1cc(S(=O)(=O)O)ccc1Cl.[Na+]. The van der Waals surface area contributed by atoms with Crippen molar-refractivity contribution >= 4 is 62.1 Å². The van der Waals surface area contributed by atoms with Crippen LogP contribution in [-0.4, -0.2) is 24.7 Å². The second-order valence-electron chi connectivity index (χ2n) is 6.14. The van der Waals surface area contributed by atoms with Gasteiger partial charge in [-0.3, -0.25) is 14.8 Å². The summed E-state index contributed by atoms with van der Waals surface area (Å²) in [5.74, 6) is -1.11. The molecule has 0 aliphatic heterocycles. The second kappa shape index (κ2) is 12.2. The van der Waals surface area contributed by atoms with Crippen LogP contribution in [0.25, 0.3) is 0 Å². The minimum Gasteiger partial charge on any atom is -0.319 e. The molecule has 33 heavy (non-hydrogen) atoms. The molecule has 0 spiro atoms. The van der Waals surface area contributed by atoms with Gasteiger partial charge in [0.1, 0.15) is 5.69 Å². The molecule has 0 unspecified atom stereocenters. The van der Waals surface area contributed by atoms with Crippen molar-refractivity contribution in [3.63, 3.8) is 0 Å². The molecule has 3 N–H and O–H groups in total. The average Bonchev–Trinajstić information content (AvgIpc) is 2.75. The fourth-order valence-electron chi connectivity index (χ4n) is 2.32. The zero-order valence-electron chi connectivity index (χ0n) is 17.1. The number of anilines is 2. The van der Waals surface area contributed by atoms with Crippen LogP contribution in [0.4, 0.5) is 17.1 Å². The molecule has 0 heterocycles. The van der Waals surface area contributed by atoms with Crippen molar-refractivity contribution in [2.45, 2.75) is 4.90 Å². The minimum absolute atomic E-state index is 0. The molecule has 13 heteroatoms. The molecule has 1 amide bonds. The molecular weight excluding hydrogens is 500 g/mol. The van der Waals surface area contributed by atoms with Gasteiger partial charge in [-0.05, 0) is 42.5 Å². The summed E-state index contributed by atoms with van der Waals surface area (Å²) in [4.78, 5) is 12.3. The molecule has 0 saturated carbocycles. The predicted octanol–water partition coefficient (Wildman–Crippen LogP) is 2.39. The van der Waals surface area contributed by atoms with E-state index >= 15 is 0 Å². The maximum absolute atomic E-state index is 12.7. The molecule has 3 rings (SSSR count). The molecule has 0 bridgehead atoms. The largest absolute Gasteiger partial charge is 1.00 e. The van der Waals surface area contributed by atoms with Gasteiger partial charge in [-0.1, -0.05) is 53.5 Å². The first-order chi connectivity index (χ1) is 15.2. The van der Waals surface area contributed by atoms with Crippen molar-refractivity contribution in [3.05, 3.63) is 82.8 Å². The van der Waals surface area contributed by atoms with Gasteiger partial charge in [-0.15, -0.1) is 15.3 Å². The molecule has 0 aliphatic rings. The Kier molecular flexibility index (Phi) is 9.99. The number of amides is 1. The number of carbonyl (C=O) groups excluding carboxylic acids is 1. The Morgan fingerprint density at radius 1 is 0.909 bits per heavy atom. The molecule has 0 radical (unpaired) electrons. The number of para-hydroxylation sites is 1. The quantitative estimate of drug-likeness (QED) is 0.120. The third-order valence-electron chi connectivity index (χ3n) is 3.86. The molecule has 0 fully saturated rings. The number of nitrogens with one attached hydrogen (secondary N) is 2. The number of nitrogens with zero attached hydrogens (tertiary/aromatic N) is 3. The third kappa shape index (κ3) is 7.90. The number of azo groups is 1. The summed E-state index contributed by atoms with van der Waals surface area (Å²) in [5, 5.41) is 14.8. The van der Waals surface area contributed by atoms with Gasteiger partial charge in [-0.25, -0.2) is 0 Å². The normalized spacial score (nSPS) is 11.7. The number of hydrazone groups is 1. The smallest absolute Gasteiger partial charge is 0.319 e. The Balaban J connectivity index is 0.00000385. The van der Waals surface area contributed by atoms with E-state index in [4.69, 9.17) is 23.2 Å². The zero-order chi connectivity index (χ0) is 23.1. The third-order valence-corrected chi connectivity index (χ3v) is 5.36. The summed E-state index contributed by atoms with van der Waals surface area (Å²) in [6.45, 7) is 0. The summed E-state index contributed by atoms with van der Waals surface area (Å²) in [6.07, 6.45) is 0. The van der Waals surface area contributed by atoms with E-state index in [9.17, 15) is 17.8 Å². The monoisotopic (exact) mass is 514 g/mol. The first-order valence-corrected chi connectivity index (χ1v) is 11.1. The van der Waals surface area contributed by atoms with Gasteiger partial charge < -0.3 is 5.32 Å². The van der Waals surface area contributed by atoms with E-state index < -0.39 is 26.8 Å². The maximum atomic E-state index is 12.7. The fraction of sp³-hybridized carbons (Fsp3) is 0. The maximum Gasteiger partial charge on any atom is 1.00 e. The van der Waals surface area contributed by atoms with Crippen molar-refractivity contribution in [3.8, 4) is 0 Å². The van der Waals surface area contributed by atoms with Crippen LogP contribution in [0.1, 0.15) is 0 Å². The Hall–Kier alpha value is -2.31. The number of halogens is 2. The van der Waals surface area contributed by atoms with Gasteiger partial charge in [-0.2, -0.15) is 8.42 Å². The van der Waals surface area contributed by atoms with E-state index in [1.54, 1.807) is 54.6 Å². The Morgan fingerprint density at radius 2 is 1.58 bits per heavy atom. The van der Waals surface area contributed by atoms with Crippen LogP contribution in [0.2, 0.25) is 10.0 Å². The zero-order valence-corrected chi connectivity index (χ0v) is 21.4. The van der Waals surface area contributed by atoms with Gasteiger partial charge in [0.2, 0.25) is 0 Å². The number of amidine groups is 1. The van der Waals surface area contributed by atoms with Crippen LogP contribution in [-0.2, 0) is 14.9 Å². The van der Waals surface area contributed by atoms with E-state index in [-0.39, 0.29) is 40.3 Å². The summed E-state index contributed by atoms with van der Waals surface area (Å²) in [6, 6.07) is 18.6. The fourth-order valence-corrected chi connectivity index (χ4v) is 3.16. The molecule has 0 aromatic heterocycles. The van der Waals surface area contributed by atoms with Crippen molar-refractivity contribution in [1.29, 1.82) is 0 Å². The van der Waals surface area contributed by atoms with Gasteiger partial charge in [0.05, 0.1) is 20.6 Å². The van der Waals surface area contributed by atoms with Crippen molar-refractivity contribution in [2.24, 2.45) is 15.3 Å². The van der Waals surface area contributed by atoms with E-state index in [2.05, 4.69) is 26.1 Å². The first-order valence-electron chi connectivity index (χ1n) is 8.87. The molecule has 0 atom stereocenters. The molecule has 0 aliphatic carbocycles. The number of carbonyl (C=O) groups is 1. The Labute approximate surface area is 221 Å². The van der Waals surface area contributed by atoms with Crippen molar-refractivity contribution in [2.75, 3.05) is 10.7 Å². The minimum atomic E-state index is -4.47. The van der Waals surface area contributed by atoms with E-state index in [0.29, 0.717) is 16.4 Å². The summed E-state index contributed by atoms with van der Waals surface area (Å²) < 4.78 is 32.0. The number of benzene rings is 3. The van der Waals surface area contributed by atoms with Gasteiger partial charge >= 0.3 is 29.6 Å². The first kappa shape index (κ1) is 26.9. The average molecular weight is 515 g/mol. The summed E-state index contributed by atoms with van der Waals surface area (Å²) >= 11 is 12.1.